The Morgan fingerprint density at radius 3 is 2.17 bits per heavy atom. The van der Waals surface area contributed by atoms with Crippen LogP contribution in [0.15, 0.2) is 40.9 Å². The average Bonchev–Trinajstić information content (AvgIpc) is 2.75. The molecule has 0 fully saturated rings. The highest BCUT2D eigenvalue weighted by Gasteiger charge is 2.33. The van der Waals surface area contributed by atoms with Gasteiger partial charge < -0.3 is 4.74 Å². The van der Waals surface area contributed by atoms with Crippen molar-refractivity contribution in [1.82, 2.24) is 4.31 Å². The third-order valence-electron chi connectivity index (χ3n) is 6.18. The van der Waals surface area contributed by atoms with Crippen LogP contribution in [-0.4, -0.2) is 46.5 Å². The van der Waals surface area contributed by atoms with Crippen molar-refractivity contribution < 1.29 is 17.9 Å². The highest BCUT2D eigenvalue weighted by molar-refractivity contribution is 7.89. The Bertz CT molecular complexity index is 778. The van der Waals surface area contributed by atoms with Gasteiger partial charge in [0, 0.05) is 6.54 Å². The van der Waals surface area contributed by atoms with Gasteiger partial charge in [0.25, 0.3) is 0 Å². The van der Waals surface area contributed by atoms with Crippen LogP contribution in [-0.2, 0) is 19.6 Å². The zero-order valence-electron chi connectivity index (χ0n) is 19.5. The number of methoxy groups -OCH3 is 1. The van der Waals surface area contributed by atoms with Crippen molar-refractivity contribution in [2.75, 3.05) is 13.7 Å². The number of unbranched alkanes of at least 4 members (excludes halogenated alkanes) is 2. The van der Waals surface area contributed by atoms with Crippen molar-refractivity contribution in [2.45, 2.75) is 83.0 Å². The summed E-state index contributed by atoms with van der Waals surface area (Å²) >= 11 is 0. The summed E-state index contributed by atoms with van der Waals surface area (Å²) in [6, 6.07) is 9.64. The summed E-state index contributed by atoms with van der Waals surface area (Å²) in [6.45, 7) is 10.6. The van der Waals surface area contributed by atoms with Gasteiger partial charge in [-0.1, -0.05) is 68.4 Å². The molecule has 0 aliphatic carbocycles. The van der Waals surface area contributed by atoms with Crippen molar-refractivity contribution in [1.29, 1.82) is 0 Å². The van der Waals surface area contributed by atoms with E-state index in [0.29, 0.717) is 6.42 Å². The molecule has 1 rings (SSSR count). The lowest BCUT2D eigenvalue weighted by Crippen LogP contribution is -2.44. The Labute approximate surface area is 184 Å². The second-order valence-electron chi connectivity index (χ2n) is 7.95. The van der Waals surface area contributed by atoms with Crippen LogP contribution in [0.25, 0.3) is 0 Å². The molecule has 170 valence electrons. The molecule has 0 amide bonds. The standard InChI is InChI=1S/C23H39NO4SSi/c1-7-30(8-2,9-3)19-13-11-10-12-18-24(21(5)23(25)28-6)29(26,27)22-16-14-20(4)15-17-22/h13-17,19,21H,7-12,18H2,1-6H3/b19-13+/t21-/m1/s1. The first kappa shape index (κ1) is 26.6. The average molecular weight is 454 g/mol. The molecule has 7 heteroatoms. The van der Waals surface area contributed by atoms with Crippen LogP contribution in [0.3, 0.4) is 0 Å². The lowest BCUT2D eigenvalue weighted by Gasteiger charge is -2.26. The molecule has 0 bridgehead atoms. The second kappa shape index (κ2) is 12.4. The lowest BCUT2D eigenvalue weighted by molar-refractivity contribution is -0.144. The maximum Gasteiger partial charge on any atom is 0.323 e. The minimum absolute atomic E-state index is 0.202. The lowest BCUT2D eigenvalue weighted by atomic mass is 10.2. The van der Waals surface area contributed by atoms with Crippen LogP contribution in [0, 0.1) is 6.92 Å². The number of sulfonamides is 1. The van der Waals surface area contributed by atoms with E-state index in [1.807, 2.05) is 6.92 Å². The van der Waals surface area contributed by atoms with Gasteiger partial charge in [-0.05, 0) is 45.2 Å². The highest BCUT2D eigenvalue weighted by Crippen LogP contribution is 2.23. The molecule has 0 heterocycles. The van der Waals surface area contributed by atoms with Crippen LogP contribution >= 0.6 is 0 Å². The third kappa shape index (κ3) is 7.06. The molecular weight excluding hydrogens is 414 g/mol. The molecule has 5 nitrogen and oxygen atoms in total. The van der Waals surface area contributed by atoms with Gasteiger partial charge in [0.2, 0.25) is 10.0 Å². The largest absolute Gasteiger partial charge is 0.468 e. The number of carbonyl (C=O) groups excluding carboxylic acids is 1. The summed E-state index contributed by atoms with van der Waals surface area (Å²) in [6.07, 6.45) is 4.78. The third-order valence-corrected chi connectivity index (χ3v) is 13.3. The Morgan fingerprint density at radius 2 is 1.67 bits per heavy atom. The van der Waals surface area contributed by atoms with Crippen LogP contribution in [0.4, 0.5) is 0 Å². The molecule has 0 unspecified atom stereocenters. The van der Waals surface area contributed by atoms with Crippen molar-refractivity contribution >= 4 is 24.1 Å². The second-order valence-corrected chi connectivity index (χ2v) is 15.0. The number of allylic oxidation sites excluding steroid dienone is 1. The minimum Gasteiger partial charge on any atom is -0.468 e. The molecule has 0 saturated carbocycles. The molecule has 0 aromatic heterocycles. The molecule has 1 atom stereocenters. The molecule has 1 aromatic carbocycles. The zero-order valence-corrected chi connectivity index (χ0v) is 21.3. The maximum absolute atomic E-state index is 13.2. The summed E-state index contributed by atoms with van der Waals surface area (Å²) < 4.78 is 32.5. The van der Waals surface area contributed by atoms with Gasteiger partial charge in [0.1, 0.15) is 6.04 Å². The predicted octanol–water partition coefficient (Wildman–Crippen LogP) is 5.32. The Kier molecular flexibility index (Phi) is 11.0. The summed E-state index contributed by atoms with van der Waals surface area (Å²) in [4.78, 5) is 12.3. The van der Waals surface area contributed by atoms with E-state index in [1.54, 1.807) is 31.2 Å². The monoisotopic (exact) mass is 453 g/mol. The van der Waals surface area contributed by atoms with E-state index >= 15 is 0 Å². The van der Waals surface area contributed by atoms with Gasteiger partial charge in [-0.3, -0.25) is 4.79 Å². The van der Waals surface area contributed by atoms with E-state index in [-0.39, 0.29) is 11.4 Å². The van der Waals surface area contributed by atoms with Crippen molar-refractivity contribution in [3.63, 3.8) is 0 Å². The number of nitrogens with zero attached hydrogens (tertiary/aromatic N) is 1. The first-order valence-corrected chi connectivity index (χ1v) is 15.1. The number of rotatable bonds is 13. The van der Waals surface area contributed by atoms with E-state index in [4.69, 9.17) is 4.74 Å². The number of ether oxygens (including phenoxy) is 1. The van der Waals surface area contributed by atoms with E-state index < -0.39 is 30.1 Å². The quantitative estimate of drug-likeness (QED) is 0.230. The Hall–Kier alpha value is -1.44. The molecule has 0 spiro atoms. The summed E-state index contributed by atoms with van der Waals surface area (Å²) in [5.74, 6) is -0.546. The normalized spacial score (nSPS) is 13.7. The molecule has 0 radical (unpaired) electrons. The Morgan fingerprint density at radius 1 is 1.10 bits per heavy atom. The van der Waals surface area contributed by atoms with Crippen molar-refractivity contribution in [3.05, 3.63) is 41.6 Å². The fourth-order valence-electron chi connectivity index (χ4n) is 3.62. The van der Waals surface area contributed by atoms with Crippen molar-refractivity contribution in [2.24, 2.45) is 0 Å². The van der Waals surface area contributed by atoms with Crippen LogP contribution in [0.2, 0.25) is 18.1 Å². The van der Waals surface area contributed by atoms with Gasteiger partial charge >= 0.3 is 5.97 Å². The molecule has 0 saturated heterocycles. The molecule has 0 aliphatic heterocycles. The smallest absolute Gasteiger partial charge is 0.323 e. The summed E-state index contributed by atoms with van der Waals surface area (Å²) in [5.41, 5.74) is 3.45. The molecule has 1 aromatic rings. The fraction of sp³-hybridized carbons (Fsp3) is 0.609. The number of benzene rings is 1. The molecular formula is C23H39NO4SSi. The first-order valence-electron chi connectivity index (χ1n) is 11.0. The van der Waals surface area contributed by atoms with E-state index in [1.165, 1.54) is 29.5 Å². The summed E-state index contributed by atoms with van der Waals surface area (Å²) in [5, 5.41) is 0. The van der Waals surface area contributed by atoms with Crippen molar-refractivity contribution in [3.8, 4) is 0 Å². The number of hydrogen-bond acceptors (Lipinski definition) is 4. The number of carbonyl (C=O) groups is 1. The fourth-order valence-corrected chi connectivity index (χ4v) is 8.12. The van der Waals surface area contributed by atoms with E-state index in [2.05, 4.69) is 32.5 Å². The molecule has 0 aliphatic rings. The first-order chi connectivity index (χ1) is 14.2. The maximum atomic E-state index is 13.2. The van der Waals surface area contributed by atoms with Gasteiger partial charge in [-0.25, -0.2) is 8.42 Å². The van der Waals surface area contributed by atoms with E-state index in [9.17, 15) is 13.2 Å². The van der Waals surface area contributed by atoms with Crippen LogP contribution < -0.4 is 0 Å². The van der Waals surface area contributed by atoms with Crippen LogP contribution in [0.1, 0.15) is 52.5 Å². The SMILES string of the molecule is CC[Si](/C=C/CCCCN([C@H](C)C(=O)OC)S(=O)(=O)c1ccc(C)cc1)(CC)CC. The summed E-state index contributed by atoms with van der Waals surface area (Å²) in [7, 11) is -3.76. The number of aryl methyl sites for hydroxylation is 1. The van der Waals surface area contributed by atoms with E-state index in [0.717, 1.165) is 18.4 Å². The van der Waals surface area contributed by atoms with Gasteiger partial charge in [-0.2, -0.15) is 4.31 Å². The minimum atomic E-state index is -3.78. The van der Waals surface area contributed by atoms with Gasteiger partial charge in [-0.15, -0.1) is 0 Å². The van der Waals surface area contributed by atoms with Gasteiger partial charge in [0.15, 0.2) is 0 Å². The van der Waals surface area contributed by atoms with Gasteiger partial charge in [0.05, 0.1) is 20.1 Å². The topological polar surface area (TPSA) is 63.7 Å². The Balaban J connectivity index is 2.86. The highest BCUT2D eigenvalue weighted by atomic mass is 32.2. The molecule has 30 heavy (non-hydrogen) atoms. The van der Waals surface area contributed by atoms with Crippen LogP contribution in [0.5, 0.6) is 0 Å². The number of esters is 1. The zero-order chi connectivity index (χ0) is 22.8. The number of hydrogen-bond donors (Lipinski definition) is 0. The predicted molar refractivity (Wildman–Crippen MR) is 127 cm³/mol. The molecule has 0 N–H and O–H groups in total.